The number of nitrogens with one attached hydrogen (secondary N) is 1. The largest absolute Gasteiger partial charge is 0.494 e. The molecule has 3 atom stereocenters. The van der Waals surface area contributed by atoms with Crippen LogP contribution >= 0.6 is 0 Å². The molecule has 138 valence electrons. The second-order valence-corrected chi connectivity index (χ2v) is 6.75. The van der Waals surface area contributed by atoms with E-state index in [2.05, 4.69) is 5.32 Å². The summed E-state index contributed by atoms with van der Waals surface area (Å²) in [4.78, 5) is 37.4. The van der Waals surface area contributed by atoms with Crippen molar-refractivity contribution in [2.45, 2.75) is 32.6 Å². The summed E-state index contributed by atoms with van der Waals surface area (Å²) in [5, 5.41) is 2.83. The Morgan fingerprint density at radius 3 is 2.50 bits per heavy atom. The van der Waals surface area contributed by atoms with Gasteiger partial charge in [0.1, 0.15) is 11.7 Å². The van der Waals surface area contributed by atoms with Gasteiger partial charge in [0, 0.05) is 23.6 Å². The molecule has 1 aliphatic carbocycles. The molecule has 0 spiro atoms. The van der Waals surface area contributed by atoms with Crippen LogP contribution in [-0.2, 0) is 19.1 Å². The Hall–Kier alpha value is -2.63. The summed E-state index contributed by atoms with van der Waals surface area (Å²) in [6, 6.07) is 7.41. The van der Waals surface area contributed by atoms with Gasteiger partial charge in [-0.25, -0.2) is 0 Å². The Kier molecular flexibility index (Phi) is 5.11. The first-order valence-electron chi connectivity index (χ1n) is 8.84. The van der Waals surface area contributed by atoms with Crippen LogP contribution in [0.5, 0.6) is 5.75 Å². The number of hydrogen-bond donors (Lipinski definition) is 1. The molecule has 1 heterocycles. The minimum absolute atomic E-state index is 0.112. The number of allylic oxidation sites excluding steroid dienone is 2. The van der Waals surface area contributed by atoms with E-state index in [1.165, 1.54) is 7.11 Å². The van der Waals surface area contributed by atoms with Gasteiger partial charge in [-0.15, -0.1) is 0 Å². The Labute approximate surface area is 152 Å². The third-order valence-corrected chi connectivity index (χ3v) is 5.05. The van der Waals surface area contributed by atoms with Crippen LogP contribution in [0.25, 0.3) is 0 Å². The molecule has 0 saturated carbocycles. The molecular formula is C20H23NO5. The van der Waals surface area contributed by atoms with E-state index in [4.69, 9.17) is 9.47 Å². The molecule has 0 fully saturated rings. The standard InChI is InChI=1S/C20H23NO5/c1-4-26-13-7-5-12(6-8-13)14-10-16(22)21-15-9-11(2)17(20(24)25-3)19(23)18(14)15/h5-8,11,14,17H,4,9-10H2,1-3H3,(H,21,22)/t11-,14-,17+/m0/s1. The lowest BCUT2D eigenvalue weighted by atomic mass is 9.70. The topological polar surface area (TPSA) is 81.7 Å². The smallest absolute Gasteiger partial charge is 0.316 e. The summed E-state index contributed by atoms with van der Waals surface area (Å²) < 4.78 is 10.3. The molecule has 1 N–H and O–H groups in total. The van der Waals surface area contributed by atoms with Gasteiger partial charge < -0.3 is 14.8 Å². The third-order valence-electron chi connectivity index (χ3n) is 5.05. The van der Waals surface area contributed by atoms with Crippen molar-refractivity contribution in [1.29, 1.82) is 0 Å². The van der Waals surface area contributed by atoms with Crippen molar-refractivity contribution in [2.24, 2.45) is 11.8 Å². The fourth-order valence-electron chi connectivity index (χ4n) is 3.85. The summed E-state index contributed by atoms with van der Waals surface area (Å²) in [6.45, 7) is 4.30. The minimum Gasteiger partial charge on any atom is -0.494 e. The number of amides is 1. The number of methoxy groups -OCH3 is 1. The summed E-state index contributed by atoms with van der Waals surface area (Å²) in [5.41, 5.74) is 2.03. The number of ether oxygens (including phenoxy) is 2. The zero-order valence-electron chi connectivity index (χ0n) is 15.2. The van der Waals surface area contributed by atoms with E-state index < -0.39 is 11.9 Å². The second-order valence-electron chi connectivity index (χ2n) is 6.75. The van der Waals surface area contributed by atoms with Crippen LogP contribution in [-0.4, -0.2) is 31.4 Å². The molecule has 0 saturated heterocycles. The van der Waals surface area contributed by atoms with E-state index in [0.29, 0.717) is 24.3 Å². The lowest BCUT2D eigenvalue weighted by Gasteiger charge is -2.36. The highest BCUT2D eigenvalue weighted by molar-refractivity contribution is 6.11. The fraction of sp³-hybridized carbons (Fsp3) is 0.450. The summed E-state index contributed by atoms with van der Waals surface area (Å²) in [5.74, 6) is -1.53. The van der Waals surface area contributed by atoms with Crippen molar-refractivity contribution in [3.8, 4) is 5.75 Å². The van der Waals surface area contributed by atoms with E-state index in [0.717, 1.165) is 11.3 Å². The number of esters is 1. The third kappa shape index (κ3) is 3.23. The predicted octanol–water partition coefficient (Wildman–Crippen LogP) is 2.34. The average Bonchev–Trinajstić information content (AvgIpc) is 2.61. The van der Waals surface area contributed by atoms with Crippen molar-refractivity contribution in [1.82, 2.24) is 5.32 Å². The van der Waals surface area contributed by atoms with Crippen molar-refractivity contribution in [2.75, 3.05) is 13.7 Å². The highest BCUT2D eigenvalue weighted by Gasteiger charge is 2.45. The maximum absolute atomic E-state index is 13.1. The van der Waals surface area contributed by atoms with E-state index in [1.807, 2.05) is 38.1 Å². The molecule has 3 rings (SSSR count). The van der Waals surface area contributed by atoms with Crippen LogP contribution in [0, 0.1) is 11.8 Å². The summed E-state index contributed by atoms with van der Waals surface area (Å²) in [7, 11) is 1.29. The Morgan fingerprint density at radius 2 is 1.88 bits per heavy atom. The van der Waals surface area contributed by atoms with Gasteiger partial charge in [0.15, 0.2) is 5.78 Å². The number of Topliss-reactive ketones (excluding diaryl/α,β-unsaturated/α-hetero) is 1. The molecule has 0 bridgehead atoms. The molecule has 1 aromatic rings. The monoisotopic (exact) mass is 357 g/mol. The van der Waals surface area contributed by atoms with Crippen molar-refractivity contribution < 1.29 is 23.9 Å². The van der Waals surface area contributed by atoms with Gasteiger partial charge in [-0.3, -0.25) is 14.4 Å². The molecule has 26 heavy (non-hydrogen) atoms. The first-order valence-corrected chi connectivity index (χ1v) is 8.84. The van der Waals surface area contributed by atoms with Gasteiger partial charge in [-0.1, -0.05) is 19.1 Å². The molecule has 6 nitrogen and oxygen atoms in total. The maximum Gasteiger partial charge on any atom is 0.316 e. The number of hydrogen-bond acceptors (Lipinski definition) is 5. The van der Waals surface area contributed by atoms with Crippen LogP contribution in [0.4, 0.5) is 0 Å². The van der Waals surface area contributed by atoms with Crippen molar-refractivity contribution in [3.05, 3.63) is 41.1 Å². The van der Waals surface area contributed by atoms with E-state index in [9.17, 15) is 14.4 Å². The molecular weight excluding hydrogens is 334 g/mol. The molecule has 6 heteroatoms. The quantitative estimate of drug-likeness (QED) is 0.661. The average molecular weight is 357 g/mol. The van der Waals surface area contributed by atoms with Crippen molar-refractivity contribution in [3.63, 3.8) is 0 Å². The molecule has 1 aliphatic heterocycles. The van der Waals surface area contributed by atoms with Crippen LogP contribution in [0.3, 0.4) is 0 Å². The van der Waals surface area contributed by atoms with E-state index >= 15 is 0 Å². The molecule has 2 aliphatic rings. The van der Waals surface area contributed by atoms with Gasteiger partial charge in [-0.05, 0) is 37.0 Å². The zero-order chi connectivity index (χ0) is 18.8. The first-order chi connectivity index (χ1) is 12.5. The first kappa shape index (κ1) is 18.2. The molecule has 0 aromatic heterocycles. The number of carbonyl (C=O) groups excluding carboxylic acids is 3. The lowest BCUT2D eigenvalue weighted by Crippen LogP contribution is -2.44. The fourth-order valence-corrected chi connectivity index (χ4v) is 3.85. The highest BCUT2D eigenvalue weighted by Crippen LogP contribution is 2.42. The van der Waals surface area contributed by atoms with Gasteiger partial charge >= 0.3 is 5.97 Å². The van der Waals surface area contributed by atoms with Crippen molar-refractivity contribution >= 4 is 17.7 Å². The summed E-state index contributed by atoms with van der Waals surface area (Å²) in [6.07, 6.45) is 0.654. The van der Waals surface area contributed by atoms with E-state index in [1.54, 1.807) is 0 Å². The molecule has 1 amide bonds. The second kappa shape index (κ2) is 7.32. The number of ketones is 1. The number of carbonyl (C=O) groups is 3. The zero-order valence-corrected chi connectivity index (χ0v) is 15.2. The Bertz CT molecular complexity index is 765. The maximum atomic E-state index is 13.1. The van der Waals surface area contributed by atoms with Crippen LogP contribution in [0.15, 0.2) is 35.5 Å². The number of rotatable bonds is 4. The minimum atomic E-state index is -0.820. The van der Waals surface area contributed by atoms with Gasteiger partial charge in [-0.2, -0.15) is 0 Å². The number of benzene rings is 1. The highest BCUT2D eigenvalue weighted by atomic mass is 16.5. The molecule has 0 unspecified atom stereocenters. The van der Waals surface area contributed by atoms with Crippen LogP contribution < -0.4 is 10.1 Å². The lowest BCUT2D eigenvalue weighted by molar-refractivity contribution is -0.151. The Morgan fingerprint density at radius 1 is 1.19 bits per heavy atom. The predicted molar refractivity (Wildman–Crippen MR) is 94.4 cm³/mol. The van der Waals surface area contributed by atoms with Crippen LogP contribution in [0.2, 0.25) is 0 Å². The Balaban J connectivity index is 2.00. The summed E-state index contributed by atoms with van der Waals surface area (Å²) >= 11 is 0. The molecule has 0 radical (unpaired) electrons. The van der Waals surface area contributed by atoms with E-state index in [-0.39, 0.29) is 29.9 Å². The SMILES string of the molecule is CCOc1ccc([C@@H]2CC(=O)NC3=C2C(=O)[C@H](C(=O)OC)[C@@H](C)C3)cc1. The van der Waals surface area contributed by atoms with Gasteiger partial charge in [0.05, 0.1) is 13.7 Å². The van der Waals surface area contributed by atoms with Gasteiger partial charge in [0.2, 0.25) is 5.91 Å². The normalized spacial score (nSPS) is 25.4. The molecule has 1 aromatic carbocycles. The van der Waals surface area contributed by atoms with Gasteiger partial charge in [0.25, 0.3) is 0 Å². The van der Waals surface area contributed by atoms with Crippen LogP contribution in [0.1, 0.15) is 38.2 Å².